The van der Waals surface area contributed by atoms with Gasteiger partial charge in [-0.25, -0.2) is 0 Å². The van der Waals surface area contributed by atoms with E-state index in [-0.39, 0.29) is 11.3 Å². The highest BCUT2D eigenvalue weighted by Gasteiger charge is 2.24. The second-order valence-electron chi connectivity index (χ2n) is 5.46. The average molecular weight is 266 g/mol. The molecule has 0 aliphatic carbocycles. The fourth-order valence-corrected chi connectivity index (χ4v) is 2.59. The molecule has 0 N–H and O–H groups in total. The standard InChI is InChI=1S/C15H20ClNO/c1-10(2)4-6-13(16)11-5-7-14-12(8-11)9-15(18)17(14)3/h5,7-8,10,13H,4,6,9H2,1-3H3. The lowest BCUT2D eigenvalue weighted by Gasteiger charge is -2.14. The van der Waals surface area contributed by atoms with Crippen LogP contribution in [-0.2, 0) is 11.2 Å². The molecule has 1 aromatic carbocycles. The first-order valence-electron chi connectivity index (χ1n) is 6.52. The Balaban J connectivity index is 2.13. The van der Waals surface area contributed by atoms with E-state index < -0.39 is 0 Å². The van der Waals surface area contributed by atoms with Crippen molar-refractivity contribution in [2.24, 2.45) is 5.92 Å². The largest absolute Gasteiger partial charge is 0.315 e. The Kier molecular flexibility index (Phi) is 3.96. The van der Waals surface area contributed by atoms with E-state index in [2.05, 4.69) is 19.9 Å². The Morgan fingerprint density at radius 1 is 1.33 bits per heavy atom. The van der Waals surface area contributed by atoms with Crippen molar-refractivity contribution in [1.82, 2.24) is 0 Å². The minimum Gasteiger partial charge on any atom is -0.315 e. The number of amides is 1. The van der Waals surface area contributed by atoms with Gasteiger partial charge < -0.3 is 4.90 Å². The molecule has 1 aliphatic heterocycles. The number of fused-ring (bicyclic) bond motifs is 1. The van der Waals surface area contributed by atoms with Crippen molar-refractivity contribution >= 4 is 23.2 Å². The first-order chi connectivity index (χ1) is 8.49. The molecule has 3 heteroatoms. The number of alkyl halides is 1. The summed E-state index contributed by atoms with van der Waals surface area (Å²) in [4.78, 5) is 13.3. The summed E-state index contributed by atoms with van der Waals surface area (Å²) in [6.07, 6.45) is 2.62. The molecule has 2 rings (SSSR count). The number of carbonyl (C=O) groups excluding carboxylic acids is 1. The third-order valence-corrected chi connectivity index (χ3v) is 4.01. The highest BCUT2D eigenvalue weighted by molar-refractivity contribution is 6.20. The van der Waals surface area contributed by atoms with Crippen LogP contribution in [0.2, 0.25) is 0 Å². The molecule has 0 spiro atoms. The van der Waals surface area contributed by atoms with E-state index in [4.69, 9.17) is 11.6 Å². The van der Waals surface area contributed by atoms with E-state index in [9.17, 15) is 4.79 Å². The van der Waals surface area contributed by atoms with Crippen LogP contribution in [0.3, 0.4) is 0 Å². The van der Waals surface area contributed by atoms with Gasteiger partial charge in [0, 0.05) is 12.7 Å². The highest BCUT2D eigenvalue weighted by atomic mass is 35.5. The zero-order chi connectivity index (χ0) is 13.3. The Hall–Kier alpha value is -1.02. The molecule has 1 aliphatic rings. The summed E-state index contributed by atoms with van der Waals surface area (Å²) < 4.78 is 0. The van der Waals surface area contributed by atoms with Crippen molar-refractivity contribution in [3.63, 3.8) is 0 Å². The maximum Gasteiger partial charge on any atom is 0.231 e. The van der Waals surface area contributed by atoms with Gasteiger partial charge in [0.1, 0.15) is 0 Å². The second-order valence-corrected chi connectivity index (χ2v) is 5.98. The van der Waals surface area contributed by atoms with Crippen molar-refractivity contribution in [1.29, 1.82) is 0 Å². The quantitative estimate of drug-likeness (QED) is 0.756. The van der Waals surface area contributed by atoms with Gasteiger partial charge in [0.15, 0.2) is 0 Å². The van der Waals surface area contributed by atoms with Gasteiger partial charge in [-0.3, -0.25) is 4.79 Å². The molecule has 1 amide bonds. The predicted octanol–water partition coefficient (Wildman–Crippen LogP) is 3.92. The van der Waals surface area contributed by atoms with E-state index in [0.29, 0.717) is 12.3 Å². The van der Waals surface area contributed by atoms with Crippen molar-refractivity contribution in [2.75, 3.05) is 11.9 Å². The fourth-order valence-electron chi connectivity index (χ4n) is 2.33. The van der Waals surface area contributed by atoms with Gasteiger partial charge in [0.2, 0.25) is 5.91 Å². The monoisotopic (exact) mass is 265 g/mol. The Labute approximate surface area is 114 Å². The number of hydrogen-bond donors (Lipinski definition) is 0. The molecule has 0 bridgehead atoms. The predicted molar refractivity (Wildman–Crippen MR) is 76.2 cm³/mol. The topological polar surface area (TPSA) is 20.3 Å². The molecule has 1 atom stereocenters. The summed E-state index contributed by atoms with van der Waals surface area (Å²) in [5, 5.41) is 0.0544. The van der Waals surface area contributed by atoms with Crippen LogP contribution in [0.5, 0.6) is 0 Å². The van der Waals surface area contributed by atoms with Crippen LogP contribution in [0.15, 0.2) is 18.2 Å². The van der Waals surface area contributed by atoms with E-state index in [1.807, 2.05) is 19.2 Å². The molecule has 1 aromatic rings. The molecule has 1 unspecified atom stereocenters. The van der Waals surface area contributed by atoms with Crippen molar-refractivity contribution in [3.8, 4) is 0 Å². The first-order valence-corrected chi connectivity index (χ1v) is 6.96. The molecule has 0 saturated heterocycles. The van der Waals surface area contributed by atoms with Gasteiger partial charge in [-0.05, 0) is 36.0 Å². The summed E-state index contributed by atoms with van der Waals surface area (Å²) in [5.41, 5.74) is 3.27. The summed E-state index contributed by atoms with van der Waals surface area (Å²) in [7, 11) is 1.82. The smallest absolute Gasteiger partial charge is 0.231 e. The molecule has 2 nitrogen and oxygen atoms in total. The summed E-state index contributed by atoms with van der Waals surface area (Å²) in [6.45, 7) is 4.42. The molecule has 98 valence electrons. The van der Waals surface area contributed by atoms with E-state index >= 15 is 0 Å². The van der Waals surface area contributed by atoms with Crippen LogP contribution < -0.4 is 4.90 Å². The number of rotatable bonds is 4. The van der Waals surface area contributed by atoms with E-state index in [1.165, 1.54) is 0 Å². The maximum atomic E-state index is 11.6. The molecular weight excluding hydrogens is 246 g/mol. The van der Waals surface area contributed by atoms with Gasteiger partial charge >= 0.3 is 0 Å². The van der Waals surface area contributed by atoms with Crippen LogP contribution in [0, 0.1) is 5.92 Å². The molecule has 0 aromatic heterocycles. The van der Waals surface area contributed by atoms with E-state index in [0.717, 1.165) is 29.7 Å². The Morgan fingerprint density at radius 2 is 2.06 bits per heavy atom. The third kappa shape index (κ3) is 2.69. The van der Waals surface area contributed by atoms with Crippen LogP contribution in [0.1, 0.15) is 43.2 Å². The van der Waals surface area contributed by atoms with Crippen molar-refractivity contribution < 1.29 is 4.79 Å². The van der Waals surface area contributed by atoms with Crippen molar-refractivity contribution in [2.45, 2.75) is 38.5 Å². The summed E-state index contributed by atoms with van der Waals surface area (Å²) in [6, 6.07) is 6.15. The number of likely N-dealkylation sites (N-methyl/N-ethyl adjacent to an activating group) is 1. The molecule has 0 fully saturated rings. The Bertz CT molecular complexity index is 456. The summed E-state index contributed by atoms with van der Waals surface area (Å²) >= 11 is 6.43. The first kappa shape index (κ1) is 13.4. The zero-order valence-corrected chi connectivity index (χ0v) is 12.0. The number of benzene rings is 1. The van der Waals surface area contributed by atoms with Crippen molar-refractivity contribution in [3.05, 3.63) is 29.3 Å². The number of nitrogens with zero attached hydrogens (tertiary/aromatic N) is 1. The fraction of sp³-hybridized carbons (Fsp3) is 0.533. The van der Waals surface area contributed by atoms with Gasteiger partial charge in [0.25, 0.3) is 0 Å². The molecule has 1 heterocycles. The minimum absolute atomic E-state index is 0.0544. The molecule has 0 radical (unpaired) electrons. The maximum absolute atomic E-state index is 11.6. The minimum atomic E-state index is 0.0544. The van der Waals surface area contributed by atoms with Gasteiger partial charge in [-0.15, -0.1) is 11.6 Å². The van der Waals surface area contributed by atoms with Crippen LogP contribution in [0.25, 0.3) is 0 Å². The van der Waals surface area contributed by atoms with Gasteiger partial charge in [-0.1, -0.05) is 26.0 Å². The van der Waals surface area contributed by atoms with Gasteiger partial charge in [-0.2, -0.15) is 0 Å². The van der Waals surface area contributed by atoms with Crippen LogP contribution >= 0.6 is 11.6 Å². The highest BCUT2D eigenvalue weighted by Crippen LogP contribution is 2.34. The lowest BCUT2D eigenvalue weighted by atomic mass is 10.00. The zero-order valence-electron chi connectivity index (χ0n) is 11.2. The number of carbonyl (C=O) groups is 1. The summed E-state index contributed by atoms with van der Waals surface area (Å²) in [5.74, 6) is 0.837. The molecule has 18 heavy (non-hydrogen) atoms. The number of hydrogen-bond acceptors (Lipinski definition) is 1. The second kappa shape index (κ2) is 5.31. The molecule has 0 saturated carbocycles. The Morgan fingerprint density at radius 3 is 2.72 bits per heavy atom. The van der Waals surface area contributed by atoms with Crippen LogP contribution in [-0.4, -0.2) is 13.0 Å². The normalized spacial score (nSPS) is 16.3. The number of anilines is 1. The third-order valence-electron chi connectivity index (χ3n) is 3.54. The van der Waals surface area contributed by atoms with Gasteiger partial charge in [0.05, 0.1) is 11.8 Å². The van der Waals surface area contributed by atoms with E-state index in [1.54, 1.807) is 4.90 Å². The lowest BCUT2D eigenvalue weighted by Crippen LogP contribution is -2.20. The average Bonchev–Trinajstić information content (AvgIpc) is 2.61. The number of halogens is 1. The van der Waals surface area contributed by atoms with Crippen LogP contribution in [0.4, 0.5) is 5.69 Å². The lowest BCUT2D eigenvalue weighted by molar-refractivity contribution is -0.117. The molecular formula is C15H20ClNO. The SMILES string of the molecule is CC(C)CCC(Cl)c1ccc2c(c1)CC(=O)N2C.